The van der Waals surface area contributed by atoms with Crippen LogP contribution in [-0.2, 0) is 16.5 Å². The number of fused-ring (bicyclic) bond motifs is 1. The van der Waals surface area contributed by atoms with Crippen LogP contribution in [0.5, 0.6) is 0 Å². The van der Waals surface area contributed by atoms with Crippen LogP contribution in [0.2, 0.25) is 0 Å². The van der Waals surface area contributed by atoms with E-state index in [1.165, 1.54) is 0 Å². The van der Waals surface area contributed by atoms with Gasteiger partial charge in [0.15, 0.2) is 5.69 Å². The molecule has 140 valence electrons. The van der Waals surface area contributed by atoms with E-state index in [-0.39, 0.29) is 11.5 Å². The molecule has 1 aromatic heterocycles. The van der Waals surface area contributed by atoms with Crippen molar-refractivity contribution >= 4 is 16.8 Å². The monoisotopic (exact) mass is 357 g/mol. The normalized spacial score (nSPS) is 26.1. The molecule has 0 bridgehead atoms. The molecule has 2 fully saturated rings. The summed E-state index contributed by atoms with van der Waals surface area (Å²) in [5.74, 6) is 0.547. The third kappa shape index (κ3) is 3.12. The Bertz CT molecular complexity index is 803. The number of ether oxygens (including phenoxy) is 2. The number of para-hydroxylation sites is 1. The zero-order valence-electron chi connectivity index (χ0n) is 15.6. The smallest absolute Gasteiger partial charge is 0.275 e. The van der Waals surface area contributed by atoms with E-state index in [1.807, 2.05) is 36.2 Å². The van der Waals surface area contributed by atoms with Gasteiger partial charge in [0, 0.05) is 32.7 Å². The summed E-state index contributed by atoms with van der Waals surface area (Å²) in [6.07, 6.45) is 4.05. The number of aromatic nitrogens is 2. The highest BCUT2D eigenvalue weighted by molar-refractivity contribution is 6.04. The van der Waals surface area contributed by atoms with Crippen molar-refractivity contribution in [2.45, 2.75) is 31.3 Å². The number of rotatable bonds is 4. The molecule has 1 amide bonds. The van der Waals surface area contributed by atoms with Gasteiger partial charge in [-0.3, -0.25) is 9.48 Å². The van der Waals surface area contributed by atoms with E-state index in [2.05, 4.69) is 5.10 Å². The number of carbonyl (C=O) groups excluding carboxylic acids is 1. The summed E-state index contributed by atoms with van der Waals surface area (Å²) in [5.41, 5.74) is 1.35. The Morgan fingerprint density at radius 3 is 3.12 bits per heavy atom. The molecule has 3 heterocycles. The lowest BCUT2D eigenvalue weighted by Gasteiger charge is -2.39. The molecule has 2 atom stereocenters. The molecule has 6 heteroatoms. The van der Waals surface area contributed by atoms with Crippen molar-refractivity contribution in [1.29, 1.82) is 0 Å². The molecule has 0 saturated carbocycles. The number of likely N-dealkylation sites (tertiary alicyclic amines) is 1. The molecule has 1 spiro atoms. The molecule has 2 aliphatic rings. The number of benzene rings is 1. The molecule has 4 rings (SSSR count). The van der Waals surface area contributed by atoms with Gasteiger partial charge in [-0.25, -0.2) is 0 Å². The van der Waals surface area contributed by atoms with Crippen molar-refractivity contribution < 1.29 is 14.3 Å². The first-order valence-corrected chi connectivity index (χ1v) is 9.46. The number of hydrogen-bond donors (Lipinski definition) is 0. The third-order valence-corrected chi connectivity index (χ3v) is 5.80. The van der Waals surface area contributed by atoms with Gasteiger partial charge in [-0.2, -0.15) is 5.10 Å². The fraction of sp³-hybridized carbons (Fsp3) is 0.600. The summed E-state index contributed by atoms with van der Waals surface area (Å²) in [6.45, 7) is 2.99. The van der Waals surface area contributed by atoms with Crippen LogP contribution < -0.4 is 0 Å². The van der Waals surface area contributed by atoms with Crippen molar-refractivity contribution in [2.24, 2.45) is 13.0 Å². The Labute approximate surface area is 154 Å². The maximum atomic E-state index is 13.2. The van der Waals surface area contributed by atoms with Gasteiger partial charge in [0.25, 0.3) is 5.91 Å². The lowest BCUT2D eigenvalue weighted by molar-refractivity contribution is -0.0451. The summed E-state index contributed by atoms with van der Waals surface area (Å²) in [6, 6.07) is 7.90. The molecular formula is C20H27N3O3. The molecule has 2 aliphatic heterocycles. The number of piperidine rings is 1. The largest absolute Gasteiger partial charge is 0.385 e. The molecule has 6 nitrogen and oxygen atoms in total. The Kier molecular flexibility index (Phi) is 4.71. The number of amides is 1. The number of methoxy groups -OCH3 is 1. The van der Waals surface area contributed by atoms with Crippen LogP contribution in [0.15, 0.2) is 24.3 Å². The number of nitrogens with zero attached hydrogens (tertiary/aromatic N) is 3. The van der Waals surface area contributed by atoms with Gasteiger partial charge >= 0.3 is 0 Å². The van der Waals surface area contributed by atoms with Gasteiger partial charge in [0.05, 0.1) is 24.3 Å². The molecule has 26 heavy (non-hydrogen) atoms. The van der Waals surface area contributed by atoms with Crippen molar-refractivity contribution in [3.63, 3.8) is 0 Å². The Balaban J connectivity index is 1.52. The maximum absolute atomic E-state index is 13.2. The van der Waals surface area contributed by atoms with Crippen molar-refractivity contribution in [3.8, 4) is 0 Å². The topological polar surface area (TPSA) is 56.6 Å². The van der Waals surface area contributed by atoms with Gasteiger partial charge in [0.1, 0.15) is 0 Å². The second-order valence-electron chi connectivity index (χ2n) is 7.67. The molecule has 0 radical (unpaired) electrons. The predicted octanol–water partition coefficient (Wildman–Crippen LogP) is 2.62. The summed E-state index contributed by atoms with van der Waals surface area (Å²) in [7, 11) is 3.63. The zero-order valence-corrected chi connectivity index (χ0v) is 15.6. The van der Waals surface area contributed by atoms with Crippen molar-refractivity contribution in [3.05, 3.63) is 30.0 Å². The average molecular weight is 357 g/mol. The minimum atomic E-state index is -0.184. The third-order valence-electron chi connectivity index (χ3n) is 5.80. The highest BCUT2D eigenvalue weighted by atomic mass is 16.5. The summed E-state index contributed by atoms with van der Waals surface area (Å²) in [5, 5.41) is 5.42. The summed E-state index contributed by atoms with van der Waals surface area (Å²) in [4.78, 5) is 15.1. The van der Waals surface area contributed by atoms with Crippen LogP contribution in [0.3, 0.4) is 0 Å². The van der Waals surface area contributed by atoms with Crippen LogP contribution in [0.1, 0.15) is 36.2 Å². The van der Waals surface area contributed by atoms with Crippen LogP contribution in [0.4, 0.5) is 0 Å². The molecule has 0 N–H and O–H groups in total. The lowest BCUT2D eigenvalue weighted by atomic mass is 9.85. The Hall–Kier alpha value is -1.92. The van der Waals surface area contributed by atoms with Crippen molar-refractivity contribution in [1.82, 2.24) is 14.7 Å². The van der Waals surface area contributed by atoms with Crippen molar-refractivity contribution in [2.75, 3.05) is 33.4 Å². The molecular weight excluding hydrogens is 330 g/mol. The number of aryl methyl sites for hydroxylation is 1. The fourth-order valence-electron chi connectivity index (χ4n) is 4.49. The molecule has 2 unspecified atom stereocenters. The van der Waals surface area contributed by atoms with Crippen LogP contribution >= 0.6 is 0 Å². The van der Waals surface area contributed by atoms with Gasteiger partial charge in [-0.05, 0) is 37.7 Å². The minimum Gasteiger partial charge on any atom is -0.385 e. The van der Waals surface area contributed by atoms with E-state index in [0.717, 1.165) is 56.3 Å². The summed E-state index contributed by atoms with van der Waals surface area (Å²) < 4.78 is 13.2. The minimum absolute atomic E-state index is 0.0183. The molecule has 2 saturated heterocycles. The molecule has 0 aliphatic carbocycles. The SMILES string of the molecule is COCCC1COC2(CCCN(C(=O)c3nn(C)c4ccccc34)C2)C1. The fourth-order valence-corrected chi connectivity index (χ4v) is 4.49. The van der Waals surface area contributed by atoms with E-state index in [9.17, 15) is 4.79 Å². The van der Waals surface area contributed by atoms with Gasteiger partial charge in [-0.15, -0.1) is 0 Å². The first-order chi connectivity index (χ1) is 12.6. The van der Waals surface area contributed by atoms with E-state index >= 15 is 0 Å². The highest BCUT2D eigenvalue weighted by Crippen LogP contribution is 2.39. The Morgan fingerprint density at radius 2 is 2.27 bits per heavy atom. The standard InChI is InChI=1S/C20H27N3O3/c1-22-17-7-4-3-6-16(17)18(21-22)19(24)23-10-5-9-20(14-23)12-15(13-26-20)8-11-25-2/h3-4,6-7,15H,5,8-14H2,1-2H3. The predicted molar refractivity (Wildman–Crippen MR) is 99.1 cm³/mol. The second-order valence-corrected chi connectivity index (χ2v) is 7.67. The maximum Gasteiger partial charge on any atom is 0.275 e. The quantitative estimate of drug-likeness (QED) is 0.844. The Morgan fingerprint density at radius 1 is 1.42 bits per heavy atom. The van der Waals surface area contributed by atoms with Gasteiger partial charge in [0.2, 0.25) is 0 Å². The zero-order chi connectivity index (χ0) is 18.1. The summed E-state index contributed by atoms with van der Waals surface area (Å²) >= 11 is 0. The number of carbonyl (C=O) groups is 1. The molecule has 2 aromatic rings. The number of hydrogen-bond acceptors (Lipinski definition) is 4. The lowest BCUT2D eigenvalue weighted by Crippen LogP contribution is -2.50. The highest BCUT2D eigenvalue weighted by Gasteiger charge is 2.44. The van der Waals surface area contributed by atoms with Crippen LogP contribution in [0, 0.1) is 5.92 Å². The molecule has 1 aromatic carbocycles. The first-order valence-electron chi connectivity index (χ1n) is 9.46. The second kappa shape index (κ2) is 7.00. The first kappa shape index (κ1) is 17.5. The van der Waals surface area contributed by atoms with Gasteiger partial charge < -0.3 is 14.4 Å². The average Bonchev–Trinajstić information content (AvgIpc) is 3.21. The van der Waals surface area contributed by atoms with E-state index in [0.29, 0.717) is 18.2 Å². The van der Waals surface area contributed by atoms with Gasteiger partial charge in [-0.1, -0.05) is 18.2 Å². The van der Waals surface area contributed by atoms with Crippen LogP contribution in [0.25, 0.3) is 10.9 Å². The van der Waals surface area contributed by atoms with Crippen LogP contribution in [-0.4, -0.2) is 59.6 Å². The van der Waals surface area contributed by atoms with E-state index < -0.39 is 0 Å². The van der Waals surface area contributed by atoms with E-state index in [4.69, 9.17) is 9.47 Å². The van der Waals surface area contributed by atoms with E-state index in [1.54, 1.807) is 11.8 Å².